The molecule has 1 aromatic carbocycles. The van der Waals surface area contributed by atoms with Gasteiger partial charge in [-0.15, -0.1) is 0 Å². The van der Waals surface area contributed by atoms with Gasteiger partial charge in [-0.05, 0) is 17.7 Å². The van der Waals surface area contributed by atoms with E-state index in [1.54, 1.807) is 18.3 Å². The van der Waals surface area contributed by atoms with Crippen LogP contribution in [0.3, 0.4) is 0 Å². The van der Waals surface area contributed by atoms with Crippen LogP contribution in [-0.2, 0) is 9.53 Å². The molecule has 3 aromatic rings. The molecule has 2 aromatic heterocycles. The van der Waals surface area contributed by atoms with E-state index in [2.05, 4.69) is 19.9 Å². The predicted molar refractivity (Wildman–Crippen MR) is 78.7 cm³/mol. The minimum absolute atomic E-state index is 0.364. The molecule has 0 aliphatic carbocycles. The molecular weight excluding hydrogens is 307 g/mol. The van der Waals surface area contributed by atoms with E-state index < -0.39 is 11.2 Å². The van der Waals surface area contributed by atoms with E-state index in [4.69, 9.17) is 4.74 Å². The average molecular weight is 318 g/mol. The minimum Gasteiger partial charge on any atom is -0.468 e. The number of halogens is 1. The van der Waals surface area contributed by atoms with Crippen LogP contribution in [0.15, 0.2) is 41.9 Å². The van der Waals surface area contributed by atoms with Crippen LogP contribution in [0.2, 0.25) is 0 Å². The lowest BCUT2D eigenvalue weighted by Crippen LogP contribution is -2.11. The molecule has 1 unspecified atom stereocenters. The number of H-pyrrole nitrogens is 1. The second-order valence-electron chi connectivity index (χ2n) is 4.37. The second-order valence-corrected chi connectivity index (χ2v) is 5.47. The Morgan fingerprint density at radius 1 is 1.36 bits per heavy atom. The number of carbonyl (C=O) groups excluding carboxylic acids is 1. The molecule has 22 heavy (non-hydrogen) atoms. The molecule has 6 nitrogen and oxygen atoms in total. The summed E-state index contributed by atoms with van der Waals surface area (Å²) in [5.74, 6) is -0.806. The Hall–Kier alpha value is -2.48. The first-order chi connectivity index (χ1) is 10.7. The summed E-state index contributed by atoms with van der Waals surface area (Å²) in [6.07, 6.45) is 3.00. The number of nitrogens with one attached hydrogen (secondary N) is 1. The lowest BCUT2D eigenvalue weighted by molar-refractivity contribution is -0.140. The van der Waals surface area contributed by atoms with Crippen molar-refractivity contribution in [3.8, 4) is 0 Å². The van der Waals surface area contributed by atoms with Crippen molar-refractivity contribution in [3.05, 3.63) is 48.2 Å². The molecule has 2 heterocycles. The maximum atomic E-state index is 13.0. The highest BCUT2D eigenvalue weighted by Gasteiger charge is 2.24. The van der Waals surface area contributed by atoms with Crippen LogP contribution in [-0.4, -0.2) is 33.0 Å². The standard InChI is InChI=1S/C14H11FN4O2S/c1-21-13(20)11(8-2-4-9(15)5-3-8)22-14-18-10-6-16-7-17-12(10)19-14/h2-7,11H,1H3,(H,16,17,18,19). The number of esters is 1. The van der Waals surface area contributed by atoms with Crippen molar-refractivity contribution in [1.29, 1.82) is 0 Å². The number of rotatable bonds is 4. The number of benzene rings is 1. The lowest BCUT2D eigenvalue weighted by atomic mass is 10.1. The minimum atomic E-state index is -0.654. The first-order valence-electron chi connectivity index (χ1n) is 6.33. The number of ether oxygens (including phenoxy) is 1. The number of hydrogen-bond donors (Lipinski definition) is 1. The van der Waals surface area contributed by atoms with E-state index in [0.29, 0.717) is 21.9 Å². The molecule has 0 fully saturated rings. The number of aromatic nitrogens is 4. The van der Waals surface area contributed by atoms with E-state index in [-0.39, 0.29) is 5.82 Å². The largest absolute Gasteiger partial charge is 0.468 e. The zero-order valence-corrected chi connectivity index (χ0v) is 12.3. The van der Waals surface area contributed by atoms with Crippen molar-refractivity contribution >= 4 is 28.9 Å². The first-order valence-corrected chi connectivity index (χ1v) is 7.21. The smallest absolute Gasteiger partial charge is 0.323 e. The van der Waals surface area contributed by atoms with Gasteiger partial charge in [0.1, 0.15) is 22.9 Å². The highest BCUT2D eigenvalue weighted by molar-refractivity contribution is 8.00. The summed E-state index contributed by atoms with van der Waals surface area (Å²) in [5, 5.41) is -0.144. The Morgan fingerprint density at radius 2 is 2.14 bits per heavy atom. The number of aromatic amines is 1. The number of methoxy groups -OCH3 is 1. The molecule has 0 bridgehead atoms. The van der Waals surface area contributed by atoms with E-state index in [1.807, 2.05) is 0 Å². The average Bonchev–Trinajstić information content (AvgIpc) is 2.95. The van der Waals surface area contributed by atoms with Gasteiger partial charge in [0.2, 0.25) is 0 Å². The highest BCUT2D eigenvalue weighted by atomic mass is 32.2. The molecule has 0 saturated heterocycles. The fraction of sp³-hybridized carbons (Fsp3) is 0.143. The van der Waals surface area contributed by atoms with Gasteiger partial charge in [-0.25, -0.2) is 19.3 Å². The van der Waals surface area contributed by atoms with Gasteiger partial charge in [0.25, 0.3) is 0 Å². The van der Waals surface area contributed by atoms with Gasteiger partial charge < -0.3 is 9.72 Å². The van der Waals surface area contributed by atoms with E-state index in [9.17, 15) is 9.18 Å². The fourth-order valence-corrected chi connectivity index (χ4v) is 2.92. The summed E-state index contributed by atoms with van der Waals surface area (Å²) in [6, 6.07) is 5.70. The van der Waals surface area contributed by atoms with Gasteiger partial charge in [0, 0.05) is 0 Å². The van der Waals surface area contributed by atoms with Gasteiger partial charge in [-0.2, -0.15) is 0 Å². The Balaban J connectivity index is 1.92. The normalized spacial score (nSPS) is 12.3. The molecule has 3 rings (SSSR count). The zero-order valence-electron chi connectivity index (χ0n) is 11.5. The lowest BCUT2D eigenvalue weighted by Gasteiger charge is -2.13. The molecule has 0 spiro atoms. The summed E-state index contributed by atoms with van der Waals surface area (Å²) >= 11 is 1.17. The van der Waals surface area contributed by atoms with Gasteiger partial charge in [0.05, 0.1) is 13.3 Å². The summed E-state index contributed by atoms with van der Waals surface area (Å²) in [7, 11) is 1.31. The van der Waals surface area contributed by atoms with Crippen LogP contribution in [0.1, 0.15) is 10.8 Å². The Labute approximate surface area is 129 Å². The topological polar surface area (TPSA) is 80.8 Å². The molecule has 1 N–H and O–H groups in total. The highest BCUT2D eigenvalue weighted by Crippen LogP contribution is 2.35. The maximum absolute atomic E-state index is 13.0. The molecule has 8 heteroatoms. The molecule has 0 aliphatic rings. The number of fused-ring (bicyclic) bond motifs is 1. The maximum Gasteiger partial charge on any atom is 0.323 e. The van der Waals surface area contributed by atoms with E-state index >= 15 is 0 Å². The third-order valence-electron chi connectivity index (χ3n) is 2.96. The predicted octanol–water partition coefficient (Wildman–Crippen LogP) is 2.50. The van der Waals surface area contributed by atoms with Gasteiger partial charge in [0.15, 0.2) is 10.8 Å². The third-order valence-corrected chi connectivity index (χ3v) is 4.07. The first kappa shape index (κ1) is 14.5. The number of hydrogen-bond acceptors (Lipinski definition) is 6. The molecule has 0 amide bonds. The van der Waals surface area contributed by atoms with Crippen molar-refractivity contribution in [2.45, 2.75) is 10.4 Å². The number of imidazole rings is 1. The van der Waals surface area contributed by atoms with Crippen LogP contribution in [0.25, 0.3) is 11.2 Å². The Kier molecular flexibility index (Phi) is 4.01. The molecule has 0 aliphatic heterocycles. The van der Waals surface area contributed by atoms with Crippen molar-refractivity contribution in [2.24, 2.45) is 0 Å². The van der Waals surface area contributed by atoms with Crippen molar-refractivity contribution in [3.63, 3.8) is 0 Å². The van der Waals surface area contributed by atoms with E-state index in [1.165, 1.54) is 37.3 Å². The quantitative estimate of drug-likeness (QED) is 0.588. The molecule has 0 saturated carbocycles. The van der Waals surface area contributed by atoms with Gasteiger partial charge >= 0.3 is 5.97 Å². The van der Waals surface area contributed by atoms with Crippen LogP contribution in [0, 0.1) is 5.82 Å². The number of nitrogens with zero attached hydrogens (tertiary/aromatic N) is 3. The van der Waals surface area contributed by atoms with E-state index in [0.717, 1.165) is 0 Å². The van der Waals surface area contributed by atoms with Crippen molar-refractivity contribution in [1.82, 2.24) is 19.9 Å². The van der Waals surface area contributed by atoms with Crippen LogP contribution in [0.5, 0.6) is 0 Å². The third kappa shape index (κ3) is 2.91. The Bertz CT molecular complexity index is 773. The summed E-state index contributed by atoms with van der Waals surface area (Å²) in [4.78, 5) is 27.3. The monoisotopic (exact) mass is 318 g/mol. The van der Waals surface area contributed by atoms with Crippen LogP contribution in [0.4, 0.5) is 4.39 Å². The zero-order chi connectivity index (χ0) is 15.5. The summed E-state index contributed by atoms with van der Waals surface area (Å²) in [6.45, 7) is 0. The van der Waals surface area contributed by atoms with Crippen molar-refractivity contribution < 1.29 is 13.9 Å². The van der Waals surface area contributed by atoms with Crippen LogP contribution >= 0.6 is 11.8 Å². The Morgan fingerprint density at radius 3 is 2.82 bits per heavy atom. The number of thioether (sulfide) groups is 1. The summed E-state index contributed by atoms with van der Waals surface area (Å²) in [5.41, 5.74) is 1.82. The summed E-state index contributed by atoms with van der Waals surface area (Å²) < 4.78 is 17.9. The molecule has 1 atom stereocenters. The second kappa shape index (κ2) is 6.10. The number of carbonyl (C=O) groups is 1. The molecule has 0 radical (unpaired) electrons. The fourth-order valence-electron chi connectivity index (χ4n) is 1.90. The molecule has 112 valence electrons. The van der Waals surface area contributed by atoms with Crippen LogP contribution < -0.4 is 0 Å². The molecular formula is C14H11FN4O2S. The SMILES string of the molecule is COC(=O)C(Sc1nc2ncncc2[nH]1)c1ccc(F)cc1. The van der Waals surface area contributed by atoms with Crippen molar-refractivity contribution in [2.75, 3.05) is 7.11 Å². The van der Waals surface area contributed by atoms with Gasteiger partial charge in [-0.1, -0.05) is 23.9 Å². The van der Waals surface area contributed by atoms with Gasteiger partial charge in [-0.3, -0.25) is 4.79 Å².